The van der Waals surface area contributed by atoms with Crippen molar-refractivity contribution in [2.45, 2.75) is 174 Å². The zero-order valence-corrected chi connectivity index (χ0v) is 34.4. The first-order chi connectivity index (χ1) is 26.8. The number of ketones is 1. The van der Waals surface area contributed by atoms with Crippen LogP contribution in [-0.2, 0) is 38.1 Å². The molecule has 19 atom stereocenters. The number of aliphatic carboxylic acids is 3. The lowest BCUT2D eigenvalue weighted by Crippen LogP contribution is -2.68. The number of carbonyl (C=O) groups excluding carboxylic acids is 1. The van der Waals surface area contributed by atoms with Crippen LogP contribution in [0.25, 0.3) is 0 Å². The monoisotopic (exact) mass is 822 g/mol. The van der Waals surface area contributed by atoms with Gasteiger partial charge in [0, 0.05) is 5.92 Å². The second kappa shape index (κ2) is 14.3. The Kier molecular flexibility index (Phi) is 10.7. The van der Waals surface area contributed by atoms with E-state index in [1.807, 2.05) is 26.8 Å². The van der Waals surface area contributed by atoms with Crippen LogP contribution >= 0.6 is 0 Å². The third-order valence-electron chi connectivity index (χ3n) is 17.2. The molecule has 58 heavy (non-hydrogen) atoms. The minimum Gasteiger partial charge on any atom is -0.481 e. The molecule has 2 heterocycles. The van der Waals surface area contributed by atoms with Gasteiger partial charge in [-0.05, 0) is 110 Å². The average Bonchev–Trinajstić information content (AvgIpc) is 3.13. The lowest BCUT2D eigenvalue weighted by Gasteiger charge is -2.70. The molecule has 0 unspecified atom stereocenters. The molecular weight excluding hydrogens is 760 g/mol. The van der Waals surface area contributed by atoms with Crippen LogP contribution < -0.4 is 0 Å². The van der Waals surface area contributed by atoms with Crippen molar-refractivity contribution >= 4 is 23.7 Å². The first kappa shape index (κ1) is 43.5. The molecule has 0 amide bonds. The molecule has 0 radical (unpaired) electrons. The molecular formula is C42H62O16. The summed E-state index contributed by atoms with van der Waals surface area (Å²) in [7, 11) is 0. The lowest BCUT2D eigenvalue weighted by molar-refractivity contribution is -0.371. The smallest absolute Gasteiger partial charge is 0.335 e. The molecule has 0 spiro atoms. The molecule has 7 rings (SSSR count). The average molecular weight is 823 g/mol. The Balaban J connectivity index is 1.17. The highest BCUT2D eigenvalue weighted by Gasteiger charge is 2.71. The number of allylic oxidation sites excluding steroid dienone is 2. The molecule has 6 fully saturated rings. The zero-order chi connectivity index (χ0) is 42.9. The predicted octanol–water partition coefficient (Wildman–Crippen LogP) is 2.25. The lowest BCUT2D eigenvalue weighted by atomic mass is 9.33. The number of carbonyl (C=O) groups is 4. The van der Waals surface area contributed by atoms with Crippen LogP contribution in [0.3, 0.4) is 0 Å². The number of fused-ring (bicyclic) bond motifs is 7. The van der Waals surface area contributed by atoms with Gasteiger partial charge in [0.05, 0.1) is 11.5 Å². The predicted molar refractivity (Wildman–Crippen MR) is 199 cm³/mol. The van der Waals surface area contributed by atoms with Gasteiger partial charge in [0.2, 0.25) is 0 Å². The van der Waals surface area contributed by atoms with E-state index in [0.717, 1.165) is 37.7 Å². The van der Waals surface area contributed by atoms with Gasteiger partial charge in [-0.2, -0.15) is 0 Å². The fourth-order valence-corrected chi connectivity index (χ4v) is 13.4. The van der Waals surface area contributed by atoms with E-state index in [0.29, 0.717) is 25.7 Å². The quantitative estimate of drug-likeness (QED) is 0.171. The first-order valence-corrected chi connectivity index (χ1v) is 20.7. The Morgan fingerprint density at radius 1 is 0.690 bits per heavy atom. The van der Waals surface area contributed by atoms with Crippen molar-refractivity contribution in [1.82, 2.24) is 0 Å². The summed E-state index contributed by atoms with van der Waals surface area (Å²) in [6, 6.07) is 0. The third kappa shape index (κ3) is 6.25. The number of aliphatic hydroxyl groups is 5. The number of hydrogen-bond donors (Lipinski definition) is 8. The minimum absolute atomic E-state index is 0.0217. The summed E-state index contributed by atoms with van der Waals surface area (Å²) in [5, 5.41) is 83.0. The molecule has 7 aliphatic rings. The maximum atomic E-state index is 14.8. The van der Waals surface area contributed by atoms with E-state index in [1.165, 1.54) is 0 Å². The molecule has 8 N–H and O–H groups in total. The standard InChI is InChI=1S/C42H62O16/c1-37(2)21-8-11-42(7)31(20(43)16-18-19-17-39(4,36(53)54)13-12-38(19,3)14-15-41(18,42)6)40(21,5)10-9-22(37)55-35-30(26(47)25(46)29(57-35)33(51)52)58-34-27(48)23(44)24(45)28(56-34)32(49)50/h16,19,21-31,34-35,44-48H,8-15,17H2,1-7H3,(H,49,50)(H,51,52)(H,53,54)/t19-,21+,22-,23-,24-,25-,26-,27+,28-,29-,30+,31+,34-,35-,38+,39-,40-,41+,42+/m0/s1. The van der Waals surface area contributed by atoms with Crippen LogP contribution in [0, 0.1) is 50.2 Å². The van der Waals surface area contributed by atoms with Gasteiger partial charge >= 0.3 is 17.9 Å². The van der Waals surface area contributed by atoms with Gasteiger partial charge in [0.1, 0.15) is 36.6 Å². The summed E-state index contributed by atoms with van der Waals surface area (Å²) in [4.78, 5) is 51.3. The van der Waals surface area contributed by atoms with Gasteiger partial charge in [0.15, 0.2) is 30.6 Å². The zero-order valence-electron chi connectivity index (χ0n) is 34.4. The summed E-state index contributed by atoms with van der Waals surface area (Å²) in [5.74, 6) is -4.47. The van der Waals surface area contributed by atoms with Gasteiger partial charge in [-0.1, -0.05) is 47.1 Å². The molecule has 16 nitrogen and oxygen atoms in total. The summed E-state index contributed by atoms with van der Waals surface area (Å²) >= 11 is 0. The van der Waals surface area contributed by atoms with Crippen LogP contribution in [0.4, 0.5) is 0 Å². The van der Waals surface area contributed by atoms with Gasteiger partial charge < -0.3 is 59.8 Å². The summed E-state index contributed by atoms with van der Waals surface area (Å²) in [6.07, 6.45) is -12.2. The molecule has 0 aromatic rings. The first-order valence-electron chi connectivity index (χ1n) is 20.7. The highest BCUT2D eigenvalue weighted by molar-refractivity contribution is 5.95. The molecule has 0 bridgehead atoms. The molecule has 326 valence electrons. The third-order valence-corrected chi connectivity index (χ3v) is 17.2. The van der Waals surface area contributed by atoms with Crippen LogP contribution in [0.15, 0.2) is 11.6 Å². The van der Waals surface area contributed by atoms with Gasteiger partial charge in [-0.25, -0.2) is 9.59 Å². The van der Waals surface area contributed by atoms with Gasteiger partial charge in [0.25, 0.3) is 0 Å². The highest BCUT2D eigenvalue weighted by atomic mass is 16.8. The number of ether oxygens (including phenoxy) is 4. The summed E-state index contributed by atoms with van der Waals surface area (Å²) < 4.78 is 23.4. The van der Waals surface area contributed by atoms with Crippen LogP contribution in [0.1, 0.15) is 106 Å². The number of carboxylic acids is 3. The Morgan fingerprint density at radius 2 is 1.28 bits per heavy atom. The van der Waals surface area contributed by atoms with Crippen molar-refractivity contribution in [2.75, 3.05) is 0 Å². The van der Waals surface area contributed by atoms with Gasteiger partial charge in [-0.3, -0.25) is 9.59 Å². The van der Waals surface area contributed by atoms with Crippen LogP contribution in [0.5, 0.6) is 0 Å². The highest BCUT2D eigenvalue weighted by Crippen LogP contribution is 2.75. The second-order valence-electron chi connectivity index (χ2n) is 20.6. The van der Waals surface area contributed by atoms with Crippen LogP contribution in [0.2, 0.25) is 0 Å². The minimum atomic E-state index is -2.05. The molecule has 16 heteroatoms. The Labute approximate surface area is 337 Å². The Morgan fingerprint density at radius 3 is 1.88 bits per heavy atom. The van der Waals surface area contributed by atoms with E-state index in [9.17, 15) is 60.0 Å². The molecule has 5 aliphatic carbocycles. The molecule has 2 aliphatic heterocycles. The van der Waals surface area contributed by atoms with E-state index in [-0.39, 0.29) is 34.4 Å². The van der Waals surface area contributed by atoms with E-state index >= 15 is 0 Å². The fourth-order valence-electron chi connectivity index (χ4n) is 13.4. The fraction of sp³-hybridized carbons (Fsp3) is 0.857. The van der Waals surface area contributed by atoms with Crippen LogP contribution in [-0.4, -0.2) is 132 Å². The maximum Gasteiger partial charge on any atom is 0.335 e. The SMILES string of the molecule is CC1(C)[C@@H](O[C@H]2O[C@H](C(=O)O)[C@@H](O)[C@H](O)[C@H]2O[C@@H]2O[C@H](C(=O)O)[C@@H](O)[C@H](O)[C@H]2O)CC[C@@]2(C)[C@@H]1CC[C@]1(C)[C@@H]2C(=O)C=C2[C@@H]3C[C@@](C)(C(=O)O)CC[C@]3(C)CC[C@]21C. The van der Waals surface area contributed by atoms with Crippen molar-refractivity contribution in [1.29, 1.82) is 0 Å². The van der Waals surface area contributed by atoms with Crippen molar-refractivity contribution in [3.05, 3.63) is 11.6 Å². The number of aliphatic hydroxyl groups excluding tert-OH is 5. The number of rotatable bonds is 7. The van der Waals surface area contributed by atoms with E-state index in [2.05, 4.69) is 27.7 Å². The molecule has 0 aromatic heterocycles. The van der Waals surface area contributed by atoms with Crippen molar-refractivity contribution < 1.29 is 79.0 Å². The van der Waals surface area contributed by atoms with Crippen molar-refractivity contribution in [3.8, 4) is 0 Å². The number of hydrogen-bond acceptors (Lipinski definition) is 13. The van der Waals surface area contributed by atoms with Crippen molar-refractivity contribution in [2.24, 2.45) is 50.2 Å². The van der Waals surface area contributed by atoms with Crippen molar-refractivity contribution in [3.63, 3.8) is 0 Å². The maximum absolute atomic E-state index is 14.8. The molecule has 4 saturated carbocycles. The summed E-state index contributed by atoms with van der Waals surface area (Å²) in [6.45, 7) is 14.8. The van der Waals surface area contributed by atoms with Gasteiger partial charge in [-0.15, -0.1) is 0 Å². The van der Waals surface area contributed by atoms with E-state index in [4.69, 9.17) is 18.9 Å². The molecule has 2 saturated heterocycles. The largest absolute Gasteiger partial charge is 0.481 e. The normalized spacial score (nSPS) is 52.6. The second-order valence-corrected chi connectivity index (χ2v) is 20.6. The number of carboxylic acid groups (broad SMARTS) is 3. The van der Waals surface area contributed by atoms with E-state index in [1.54, 1.807) is 0 Å². The topological polar surface area (TPSA) is 267 Å². The molecule has 0 aromatic carbocycles. The summed E-state index contributed by atoms with van der Waals surface area (Å²) in [5.41, 5.74) is -1.81. The van der Waals surface area contributed by atoms with E-state index < -0.39 is 107 Å². The Bertz CT molecular complexity index is 1730. The Hall–Kier alpha value is -2.54.